The number of ether oxygens (including phenoxy) is 2. The molecule has 1 aromatic heterocycles. The number of carbonyl (C=O) groups is 1. The topological polar surface area (TPSA) is 73.3 Å². The minimum atomic E-state index is -0.535. The van der Waals surface area contributed by atoms with E-state index < -0.39 is 11.7 Å². The molecule has 0 fully saturated rings. The molecule has 2 rings (SSSR count). The molecular weight excluding hydrogens is 301 g/mol. The first-order chi connectivity index (χ1) is 10.0. The third kappa shape index (κ3) is 3.38. The number of methoxy groups -OCH3 is 2. The van der Waals surface area contributed by atoms with Crippen molar-refractivity contribution in [3.05, 3.63) is 40.8 Å². The number of hydrogen-bond acceptors (Lipinski definition) is 5. The van der Waals surface area contributed by atoms with Crippen LogP contribution in [0.4, 0.5) is 10.1 Å². The van der Waals surface area contributed by atoms with E-state index in [1.807, 2.05) is 0 Å². The zero-order chi connectivity index (χ0) is 15.4. The maximum absolute atomic E-state index is 13.0. The van der Waals surface area contributed by atoms with Crippen LogP contribution in [0.3, 0.4) is 0 Å². The molecule has 2 aromatic rings. The number of rotatable bonds is 4. The minimum Gasteiger partial charge on any atom is -0.479 e. The highest BCUT2D eigenvalue weighted by Crippen LogP contribution is 2.24. The predicted molar refractivity (Wildman–Crippen MR) is 74.5 cm³/mol. The van der Waals surface area contributed by atoms with E-state index in [2.05, 4.69) is 15.3 Å². The van der Waals surface area contributed by atoms with Crippen molar-refractivity contribution >= 4 is 23.2 Å². The van der Waals surface area contributed by atoms with Crippen molar-refractivity contribution in [2.24, 2.45) is 0 Å². The summed E-state index contributed by atoms with van der Waals surface area (Å²) in [6, 6.07) is 3.58. The van der Waals surface area contributed by atoms with Gasteiger partial charge in [0.25, 0.3) is 5.91 Å². The molecule has 0 aliphatic heterocycles. The van der Waals surface area contributed by atoms with Crippen LogP contribution in [0.5, 0.6) is 11.9 Å². The van der Waals surface area contributed by atoms with Crippen molar-refractivity contribution in [2.75, 3.05) is 19.5 Å². The summed E-state index contributed by atoms with van der Waals surface area (Å²) < 4.78 is 22.9. The van der Waals surface area contributed by atoms with Gasteiger partial charge in [0, 0.05) is 0 Å². The van der Waals surface area contributed by atoms with E-state index in [0.29, 0.717) is 0 Å². The third-order valence-corrected chi connectivity index (χ3v) is 2.84. The summed E-state index contributed by atoms with van der Waals surface area (Å²) in [7, 11) is 2.80. The molecule has 1 amide bonds. The molecule has 0 aliphatic rings. The average Bonchev–Trinajstić information content (AvgIpc) is 2.47. The summed E-state index contributed by atoms with van der Waals surface area (Å²) in [6.07, 6.45) is 1.33. The van der Waals surface area contributed by atoms with Crippen molar-refractivity contribution in [2.45, 2.75) is 0 Å². The number of aromatic nitrogens is 2. The Labute approximate surface area is 124 Å². The predicted octanol–water partition coefficient (Wildman–Crippen LogP) is 2.54. The molecule has 0 unspecified atom stereocenters. The largest absolute Gasteiger partial charge is 0.479 e. The Morgan fingerprint density at radius 3 is 2.71 bits per heavy atom. The van der Waals surface area contributed by atoms with Gasteiger partial charge in [-0.1, -0.05) is 11.6 Å². The number of hydrogen-bond donors (Lipinski definition) is 1. The molecule has 1 N–H and O–H groups in total. The molecule has 6 nitrogen and oxygen atoms in total. The Balaban J connectivity index is 2.27. The molecule has 8 heteroatoms. The molecule has 0 atom stereocenters. The van der Waals surface area contributed by atoms with Gasteiger partial charge < -0.3 is 14.8 Å². The number of nitrogens with one attached hydrogen (secondary N) is 1. The quantitative estimate of drug-likeness (QED) is 0.939. The normalized spacial score (nSPS) is 10.1. The van der Waals surface area contributed by atoms with E-state index in [-0.39, 0.29) is 28.2 Å². The van der Waals surface area contributed by atoms with Gasteiger partial charge in [-0.15, -0.1) is 0 Å². The molecule has 110 valence electrons. The molecule has 21 heavy (non-hydrogen) atoms. The van der Waals surface area contributed by atoms with E-state index in [9.17, 15) is 9.18 Å². The highest BCUT2D eigenvalue weighted by atomic mass is 35.5. The van der Waals surface area contributed by atoms with E-state index in [1.54, 1.807) is 0 Å². The van der Waals surface area contributed by atoms with Gasteiger partial charge in [0.1, 0.15) is 11.5 Å². The average molecular weight is 312 g/mol. The Hall–Kier alpha value is -2.41. The lowest BCUT2D eigenvalue weighted by Gasteiger charge is -2.10. The van der Waals surface area contributed by atoms with Crippen LogP contribution in [0.15, 0.2) is 24.4 Å². The van der Waals surface area contributed by atoms with Gasteiger partial charge in [-0.25, -0.2) is 9.37 Å². The summed E-state index contributed by atoms with van der Waals surface area (Å²) in [5.74, 6) is -0.928. The number of nitrogens with zero attached hydrogens (tertiary/aromatic N) is 2. The smallest absolute Gasteiger partial charge is 0.319 e. The minimum absolute atomic E-state index is 0.000830. The summed E-state index contributed by atoms with van der Waals surface area (Å²) in [5.41, 5.74) is 0.361. The fourth-order valence-electron chi connectivity index (χ4n) is 1.55. The summed E-state index contributed by atoms with van der Waals surface area (Å²) in [4.78, 5) is 19.9. The van der Waals surface area contributed by atoms with Crippen molar-refractivity contribution in [1.82, 2.24) is 9.97 Å². The van der Waals surface area contributed by atoms with Crippen LogP contribution >= 0.6 is 11.6 Å². The second kappa shape index (κ2) is 6.36. The van der Waals surface area contributed by atoms with Crippen LogP contribution in [0.1, 0.15) is 10.4 Å². The summed E-state index contributed by atoms with van der Waals surface area (Å²) in [5, 5.41) is 2.54. The van der Waals surface area contributed by atoms with Crippen LogP contribution in [0, 0.1) is 5.82 Å². The zero-order valence-corrected chi connectivity index (χ0v) is 11.9. The number of anilines is 1. The van der Waals surface area contributed by atoms with Crippen molar-refractivity contribution < 1.29 is 18.7 Å². The van der Waals surface area contributed by atoms with E-state index >= 15 is 0 Å². The highest BCUT2D eigenvalue weighted by Gasteiger charge is 2.15. The maximum atomic E-state index is 13.0. The summed E-state index contributed by atoms with van der Waals surface area (Å²) >= 11 is 5.83. The third-order valence-electron chi connectivity index (χ3n) is 2.53. The van der Waals surface area contributed by atoms with Gasteiger partial charge in [-0.2, -0.15) is 4.98 Å². The summed E-state index contributed by atoms with van der Waals surface area (Å²) in [6.45, 7) is 0. The Bertz CT molecular complexity index is 682. The van der Waals surface area contributed by atoms with Crippen LogP contribution in [0.25, 0.3) is 0 Å². The van der Waals surface area contributed by atoms with Gasteiger partial charge in [-0.3, -0.25) is 4.79 Å². The number of carbonyl (C=O) groups excluding carboxylic acids is 1. The van der Waals surface area contributed by atoms with Crippen molar-refractivity contribution in [1.29, 1.82) is 0 Å². The molecule has 0 saturated heterocycles. The van der Waals surface area contributed by atoms with E-state index in [0.717, 1.165) is 12.1 Å². The molecule has 0 spiro atoms. The van der Waals surface area contributed by atoms with E-state index in [4.69, 9.17) is 21.1 Å². The van der Waals surface area contributed by atoms with Crippen molar-refractivity contribution in [3.8, 4) is 11.9 Å². The molecule has 0 saturated carbocycles. The van der Waals surface area contributed by atoms with Gasteiger partial charge in [0.2, 0.25) is 5.88 Å². The highest BCUT2D eigenvalue weighted by molar-refractivity contribution is 6.34. The van der Waals surface area contributed by atoms with Crippen LogP contribution < -0.4 is 14.8 Å². The number of benzene rings is 1. The second-order valence-electron chi connectivity index (χ2n) is 3.86. The number of halogens is 2. The Morgan fingerprint density at radius 2 is 2.10 bits per heavy atom. The van der Waals surface area contributed by atoms with Crippen LogP contribution in [-0.2, 0) is 0 Å². The SMILES string of the molecule is COc1ncc(NC(=O)c2ccc(F)cc2Cl)c(OC)n1. The van der Waals surface area contributed by atoms with Crippen LogP contribution in [-0.4, -0.2) is 30.1 Å². The second-order valence-corrected chi connectivity index (χ2v) is 4.27. The monoisotopic (exact) mass is 311 g/mol. The van der Waals surface area contributed by atoms with Gasteiger partial charge >= 0.3 is 6.01 Å². The first kappa shape index (κ1) is 15.0. The first-order valence-corrected chi connectivity index (χ1v) is 6.14. The molecule has 0 radical (unpaired) electrons. The van der Waals surface area contributed by atoms with Gasteiger partial charge in [0.15, 0.2) is 0 Å². The zero-order valence-electron chi connectivity index (χ0n) is 11.2. The molecule has 0 bridgehead atoms. The van der Waals surface area contributed by atoms with Gasteiger partial charge in [0.05, 0.1) is 31.0 Å². The molecule has 0 aliphatic carbocycles. The van der Waals surface area contributed by atoms with Crippen molar-refractivity contribution in [3.63, 3.8) is 0 Å². The Kier molecular flexibility index (Phi) is 4.54. The maximum Gasteiger partial charge on any atom is 0.319 e. The molecular formula is C13H11ClFN3O3. The molecule has 1 heterocycles. The lowest BCUT2D eigenvalue weighted by molar-refractivity contribution is 0.102. The standard InChI is InChI=1S/C13H11ClFN3O3/c1-20-12-10(6-16-13(18-12)21-2)17-11(19)8-4-3-7(15)5-9(8)14/h3-6H,1-2H3,(H,17,19). The van der Waals surface area contributed by atoms with Gasteiger partial charge in [-0.05, 0) is 18.2 Å². The Morgan fingerprint density at radius 1 is 1.33 bits per heavy atom. The lowest BCUT2D eigenvalue weighted by atomic mass is 10.2. The fraction of sp³-hybridized carbons (Fsp3) is 0.154. The van der Waals surface area contributed by atoms with E-state index in [1.165, 1.54) is 26.5 Å². The lowest BCUT2D eigenvalue weighted by Crippen LogP contribution is -2.14. The number of amides is 1. The molecule has 1 aromatic carbocycles. The fourth-order valence-corrected chi connectivity index (χ4v) is 1.81. The van der Waals surface area contributed by atoms with Crippen LogP contribution in [0.2, 0.25) is 5.02 Å². The first-order valence-electron chi connectivity index (χ1n) is 5.76.